The number of aliphatic hydroxyl groups excluding tert-OH is 1. The fraction of sp³-hybridized carbons (Fsp3) is 0.300. The number of carbonyl (C=O) groups is 1. The Kier molecular flexibility index (Phi) is 3.71. The van der Waals surface area contributed by atoms with E-state index in [2.05, 4.69) is 15.9 Å². The van der Waals surface area contributed by atoms with Crippen LogP contribution in [0.15, 0.2) is 4.47 Å². The number of aldehydes is 1. The molecule has 1 aromatic rings. The molecule has 0 amide bonds. The minimum atomic E-state index is -0.371. The molecule has 0 saturated heterocycles. The lowest BCUT2D eigenvalue weighted by molar-refractivity contribution is 0.111. The molecular formula is C10H11BrO4. The van der Waals surface area contributed by atoms with Crippen LogP contribution in [0, 0.1) is 6.92 Å². The Morgan fingerprint density at radius 3 is 2.53 bits per heavy atom. The number of aromatic hydroxyl groups is 1. The van der Waals surface area contributed by atoms with E-state index in [4.69, 9.17) is 9.84 Å². The zero-order valence-corrected chi connectivity index (χ0v) is 9.96. The average molecular weight is 275 g/mol. The van der Waals surface area contributed by atoms with Crippen LogP contribution in [-0.4, -0.2) is 23.6 Å². The number of rotatable bonds is 3. The Labute approximate surface area is 95.6 Å². The molecule has 82 valence electrons. The van der Waals surface area contributed by atoms with Gasteiger partial charge in [-0.05, 0) is 22.9 Å². The highest BCUT2D eigenvalue weighted by atomic mass is 79.9. The van der Waals surface area contributed by atoms with Crippen LogP contribution in [0.25, 0.3) is 0 Å². The second-order valence-corrected chi connectivity index (χ2v) is 3.78. The van der Waals surface area contributed by atoms with E-state index in [9.17, 15) is 9.90 Å². The monoisotopic (exact) mass is 274 g/mol. The van der Waals surface area contributed by atoms with Crippen LogP contribution in [0.5, 0.6) is 11.5 Å². The van der Waals surface area contributed by atoms with Crippen LogP contribution >= 0.6 is 15.9 Å². The number of halogens is 1. The number of phenols is 1. The predicted molar refractivity (Wildman–Crippen MR) is 58.4 cm³/mol. The summed E-state index contributed by atoms with van der Waals surface area (Å²) in [7, 11) is 1.46. The molecule has 0 saturated carbocycles. The second-order valence-electron chi connectivity index (χ2n) is 2.99. The summed E-state index contributed by atoms with van der Waals surface area (Å²) in [6, 6.07) is 0. The van der Waals surface area contributed by atoms with E-state index in [0.29, 0.717) is 22.1 Å². The molecule has 0 spiro atoms. The first kappa shape index (κ1) is 12.0. The number of ether oxygens (including phenoxy) is 1. The van der Waals surface area contributed by atoms with Crippen molar-refractivity contribution in [3.8, 4) is 11.5 Å². The minimum absolute atomic E-state index is 0.138. The molecule has 0 aromatic heterocycles. The van der Waals surface area contributed by atoms with Gasteiger partial charge in [-0.15, -0.1) is 0 Å². The van der Waals surface area contributed by atoms with Gasteiger partial charge in [0.1, 0.15) is 11.5 Å². The van der Waals surface area contributed by atoms with Crippen molar-refractivity contribution in [2.45, 2.75) is 13.5 Å². The van der Waals surface area contributed by atoms with Gasteiger partial charge >= 0.3 is 0 Å². The molecule has 0 aliphatic carbocycles. The maximum atomic E-state index is 10.8. The van der Waals surface area contributed by atoms with Crippen molar-refractivity contribution < 1.29 is 19.7 Å². The van der Waals surface area contributed by atoms with Gasteiger partial charge in [-0.2, -0.15) is 0 Å². The highest BCUT2D eigenvalue weighted by Crippen LogP contribution is 2.40. The Bertz CT molecular complexity index is 370. The summed E-state index contributed by atoms with van der Waals surface area (Å²) < 4.78 is 5.55. The number of hydrogen-bond acceptors (Lipinski definition) is 4. The molecule has 0 radical (unpaired) electrons. The molecule has 4 nitrogen and oxygen atoms in total. The van der Waals surface area contributed by atoms with Gasteiger partial charge < -0.3 is 14.9 Å². The maximum absolute atomic E-state index is 10.8. The molecule has 15 heavy (non-hydrogen) atoms. The number of hydrogen-bond donors (Lipinski definition) is 2. The second kappa shape index (κ2) is 4.63. The van der Waals surface area contributed by atoms with E-state index in [0.717, 1.165) is 0 Å². The van der Waals surface area contributed by atoms with Crippen molar-refractivity contribution in [3.63, 3.8) is 0 Å². The van der Waals surface area contributed by atoms with Gasteiger partial charge in [0.2, 0.25) is 0 Å². The quantitative estimate of drug-likeness (QED) is 0.825. The Balaban J connectivity index is 3.64. The van der Waals surface area contributed by atoms with Crippen LogP contribution in [0.1, 0.15) is 21.5 Å². The standard InChI is InChI=1S/C10H11BrO4/c1-5-6(3-12)9(14)7(4-13)8(11)10(5)15-2/h3,13-14H,4H2,1-2H3. The first-order chi connectivity index (χ1) is 7.08. The average Bonchev–Trinajstić information content (AvgIpc) is 2.19. The smallest absolute Gasteiger partial charge is 0.154 e. The largest absolute Gasteiger partial charge is 0.507 e. The summed E-state index contributed by atoms with van der Waals surface area (Å²) in [5.74, 6) is 0.233. The van der Waals surface area contributed by atoms with Gasteiger partial charge in [-0.3, -0.25) is 4.79 Å². The Morgan fingerprint density at radius 2 is 2.13 bits per heavy atom. The number of methoxy groups -OCH3 is 1. The van der Waals surface area contributed by atoms with Gasteiger partial charge in [0.25, 0.3) is 0 Å². The third-order valence-corrected chi connectivity index (χ3v) is 3.07. The van der Waals surface area contributed by atoms with Gasteiger partial charge in [-0.25, -0.2) is 0 Å². The molecule has 1 aromatic carbocycles. The normalized spacial score (nSPS) is 10.1. The lowest BCUT2D eigenvalue weighted by atomic mass is 10.0. The first-order valence-corrected chi connectivity index (χ1v) is 5.01. The van der Waals surface area contributed by atoms with Crippen LogP contribution in [-0.2, 0) is 6.61 Å². The molecule has 0 atom stereocenters. The fourth-order valence-corrected chi connectivity index (χ4v) is 2.17. The van der Waals surface area contributed by atoms with Crippen molar-refractivity contribution in [2.24, 2.45) is 0 Å². The highest BCUT2D eigenvalue weighted by molar-refractivity contribution is 9.10. The minimum Gasteiger partial charge on any atom is -0.507 e. The molecular weight excluding hydrogens is 264 g/mol. The zero-order chi connectivity index (χ0) is 11.6. The van der Waals surface area contributed by atoms with Crippen LogP contribution in [0.2, 0.25) is 0 Å². The summed E-state index contributed by atoms with van der Waals surface area (Å²) in [5.41, 5.74) is 0.924. The lowest BCUT2D eigenvalue weighted by Crippen LogP contribution is -2.00. The molecule has 2 N–H and O–H groups in total. The van der Waals surface area contributed by atoms with E-state index in [1.54, 1.807) is 6.92 Å². The van der Waals surface area contributed by atoms with Crippen LogP contribution in [0.4, 0.5) is 0 Å². The predicted octanol–water partition coefficient (Wildman–Crippen LogP) is 1.78. The third-order valence-electron chi connectivity index (χ3n) is 2.23. The van der Waals surface area contributed by atoms with Crippen molar-refractivity contribution in [3.05, 3.63) is 21.2 Å². The topological polar surface area (TPSA) is 66.8 Å². The summed E-state index contributed by atoms with van der Waals surface area (Å²) in [6.45, 7) is 1.29. The summed E-state index contributed by atoms with van der Waals surface area (Å²) in [5, 5.41) is 18.8. The Hall–Kier alpha value is -1.07. The summed E-state index contributed by atoms with van der Waals surface area (Å²) in [6.07, 6.45) is 0.540. The van der Waals surface area contributed by atoms with Gasteiger partial charge in [0, 0.05) is 11.1 Å². The van der Waals surface area contributed by atoms with Crippen molar-refractivity contribution in [2.75, 3.05) is 7.11 Å². The summed E-state index contributed by atoms with van der Waals surface area (Å²) >= 11 is 3.21. The van der Waals surface area contributed by atoms with Gasteiger partial charge in [0.05, 0.1) is 23.8 Å². The van der Waals surface area contributed by atoms with E-state index in [-0.39, 0.29) is 23.5 Å². The van der Waals surface area contributed by atoms with Crippen molar-refractivity contribution in [1.82, 2.24) is 0 Å². The van der Waals surface area contributed by atoms with Crippen molar-refractivity contribution in [1.29, 1.82) is 0 Å². The van der Waals surface area contributed by atoms with E-state index < -0.39 is 0 Å². The first-order valence-electron chi connectivity index (χ1n) is 4.22. The van der Waals surface area contributed by atoms with Gasteiger partial charge in [0.15, 0.2) is 6.29 Å². The third kappa shape index (κ3) is 1.85. The highest BCUT2D eigenvalue weighted by Gasteiger charge is 2.19. The lowest BCUT2D eigenvalue weighted by Gasteiger charge is -2.14. The molecule has 0 aliphatic rings. The summed E-state index contributed by atoms with van der Waals surface area (Å²) in [4.78, 5) is 10.8. The fourth-order valence-electron chi connectivity index (χ4n) is 1.40. The number of carbonyl (C=O) groups excluding carboxylic acids is 1. The van der Waals surface area contributed by atoms with E-state index >= 15 is 0 Å². The molecule has 0 heterocycles. The molecule has 1 rings (SSSR count). The molecule has 5 heteroatoms. The van der Waals surface area contributed by atoms with E-state index in [1.807, 2.05) is 0 Å². The SMILES string of the molecule is COc1c(C)c(C=O)c(O)c(CO)c1Br. The zero-order valence-electron chi connectivity index (χ0n) is 8.37. The molecule has 0 unspecified atom stereocenters. The maximum Gasteiger partial charge on any atom is 0.154 e. The van der Waals surface area contributed by atoms with Crippen LogP contribution in [0.3, 0.4) is 0 Å². The number of aliphatic hydroxyl groups is 1. The number of benzene rings is 1. The Morgan fingerprint density at radius 1 is 1.53 bits per heavy atom. The van der Waals surface area contributed by atoms with Crippen molar-refractivity contribution >= 4 is 22.2 Å². The van der Waals surface area contributed by atoms with Crippen LogP contribution < -0.4 is 4.74 Å². The molecule has 0 fully saturated rings. The van der Waals surface area contributed by atoms with E-state index in [1.165, 1.54) is 7.11 Å². The molecule has 0 aliphatic heterocycles. The molecule has 0 bridgehead atoms. The van der Waals surface area contributed by atoms with Gasteiger partial charge in [-0.1, -0.05) is 0 Å².